The average molecular weight is 465 g/mol. The highest BCUT2D eigenvalue weighted by molar-refractivity contribution is 5.52. The number of nitrogens with one attached hydrogen (secondary N) is 2. The summed E-state index contributed by atoms with van der Waals surface area (Å²) in [7, 11) is 0. The van der Waals surface area contributed by atoms with Crippen molar-refractivity contribution in [2.45, 2.75) is 39.9 Å². The van der Waals surface area contributed by atoms with Crippen molar-refractivity contribution < 1.29 is 19.7 Å². The second-order valence-electron chi connectivity index (χ2n) is 8.80. The summed E-state index contributed by atoms with van der Waals surface area (Å²) >= 11 is 0. The van der Waals surface area contributed by atoms with Gasteiger partial charge in [0.05, 0.1) is 0 Å². The van der Waals surface area contributed by atoms with Crippen molar-refractivity contribution >= 4 is 11.4 Å². The number of aryl methyl sites for hydroxylation is 4. The van der Waals surface area contributed by atoms with Gasteiger partial charge in [0.1, 0.15) is 36.9 Å². The second kappa shape index (κ2) is 12.3. The summed E-state index contributed by atoms with van der Waals surface area (Å²) in [4.78, 5) is 0. The average Bonchev–Trinajstić information content (AvgIpc) is 2.81. The Morgan fingerprint density at radius 3 is 1.35 bits per heavy atom. The predicted molar refractivity (Wildman–Crippen MR) is 138 cm³/mol. The molecule has 0 aliphatic rings. The lowest BCUT2D eigenvalue weighted by atomic mass is 10.1. The summed E-state index contributed by atoms with van der Waals surface area (Å²) in [5, 5.41) is 27.0. The summed E-state index contributed by atoms with van der Waals surface area (Å²) in [5.41, 5.74) is 6.74. The molecule has 182 valence electrons. The molecule has 0 heterocycles. The Bertz CT molecular complexity index is 968. The molecule has 0 saturated heterocycles. The van der Waals surface area contributed by atoms with Crippen molar-refractivity contribution in [3.63, 3.8) is 0 Å². The first-order valence-corrected chi connectivity index (χ1v) is 11.6. The van der Waals surface area contributed by atoms with Gasteiger partial charge in [-0.1, -0.05) is 35.4 Å². The molecular weight excluding hydrogens is 428 g/mol. The summed E-state index contributed by atoms with van der Waals surface area (Å²) < 4.78 is 11.4. The number of aliphatic hydroxyl groups is 2. The maximum absolute atomic E-state index is 10.2. The quantitative estimate of drug-likeness (QED) is 0.313. The van der Waals surface area contributed by atoms with E-state index in [0.717, 1.165) is 22.5 Å². The maximum atomic E-state index is 10.2. The molecule has 0 bridgehead atoms. The van der Waals surface area contributed by atoms with Crippen molar-refractivity contribution in [3.8, 4) is 11.5 Å². The first kappa shape index (κ1) is 25.4. The Morgan fingerprint density at radius 2 is 1.00 bits per heavy atom. The number of anilines is 2. The van der Waals surface area contributed by atoms with Crippen LogP contribution < -0.4 is 20.1 Å². The topological polar surface area (TPSA) is 83.0 Å². The van der Waals surface area contributed by atoms with Crippen LogP contribution in [0.15, 0.2) is 60.7 Å². The third-order valence-electron chi connectivity index (χ3n) is 5.53. The lowest BCUT2D eigenvalue weighted by molar-refractivity contribution is 0.115. The first-order valence-electron chi connectivity index (χ1n) is 11.6. The molecule has 2 atom stereocenters. The molecular formula is C28H36N2O4. The Hall–Kier alpha value is -3.22. The highest BCUT2D eigenvalue weighted by Gasteiger charge is 2.09. The molecule has 3 aromatic carbocycles. The van der Waals surface area contributed by atoms with Crippen LogP contribution in [0.1, 0.15) is 22.3 Å². The van der Waals surface area contributed by atoms with Crippen LogP contribution in [0, 0.1) is 27.7 Å². The number of ether oxygens (including phenoxy) is 2. The smallest absolute Gasteiger partial charge is 0.119 e. The Balaban J connectivity index is 1.36. The van der Waals surface area contributed by atoms with E-state index >= 15 is 0 Å². The number of hydrogen-bond acceptors (Lipinski definition) is 6. The third-order valence-corrected chi connectivity index (χ3v) is 5.53. The molecule has 6 nitrogen and oxygen atoms in total. The summed E-state index contributed by atoms with van der Waals surface area (Å²) in [6, 6.07) is 19.5. The van der Waals surface area contributed by atoms with Crippen LogP contribution in [-0.2, 0) is 0 Å². The molecule has 0 saturated carbocycles. The molecule has 0 aromatic heterocycles. The lowest BCUT2D eigenvalue weighted by Gasteiger charge is -2.17. The molecule has 0 radical (unpaired) electrons. The van der Waals surface area contributed by atoms with Crippen LogP contribution in [0.5, 0.6) is 11.5 Å². The standard InChI is InChI=1S/C28H36N2O4/c1-19-5-11-27(21(3)13-19)29-15-23(31)17-33-25-7-9-26(10-8-25)34-18-24(32)16-30-28-12-6-20(2)14-22(28)4/h5-14,23-24,29-32H,15-18H2,1-4H3. The Kier molecular flexibility index (Phi) is 9.19. The summed E-state index contributed by atoms with van der Waals surface area (Å²) in [6.07, 6.45) is -1.28. The van der Waals surface area contributed by atoms with Crippen LogP contribution in [0.2, 0.25) is 0 Å². The van der Waals surface area contributed by atoms with E-state index in [1.54, 1.807) is 24.3 Å². The number of rotatable bonds is 12. The number of aliphatic hydroxyl groups excluding tert-OH is 2. The monoisotopic (exact) mass is 464 g/mol. The SMILES string of the molecule is Cc1ccc(NCC(O)COc2ccc(OCC(O)CNc3ccc(C)cc3C)cc2)c(C)c1. The second-order valence-corrected chi connectivity index (χ2v) is 8.80. The van der Waals surface area contributed by atoms with Crippen molar-refractivity contribution in [1.82, 2.24) is 0 Å². The van der Waals surface area contributed by atoms with Gasteiger partial charge in [0.25, 0.3) is 0 Å². The van der Waals surface area contributed by atoms with E-state index in [1.807, 2.05) is 38.1 Å². The van der Waals surface area contributed by atoms with Gasteiger partial charge in [-0.05, 0) is 75.2 Å². The maximum Gasteiger partial charge on any atom is 0.119 e. The van der Waals surface area contributed by atoms with Crippen LogP contribution in [-0.4, -0.2) is 48.7 Å². The largest absolute Gasteiger partial charge is 0.491 e. The minimum absolute atomic E-state index is 0.181. The van der Waals surface area contributed by atoms with Crippen LogP contribution >= 0.6 is 0 Å². The zero-order valence-electron chi connectivity index (χ0n) is 20.5. The molecule has 0 amide bonds. The van der Waals surface area contributed by atoms with E-state index < -0.39 is 12.2 Å². The normalized spacial score (nSPS) is 12.6. The number of benzene rings is 3. The molecule has 0 fully saturated rings. The van der Waals surface area contributed by atoms with E-state index in [4.69, 9.17) is 9.47 Å². The molecule has 3 aromatic rings. The van der Waals surface area contributed by atoms with Crippen molar-refractivity contribution in [3.05, 3.63) is 82.9 Å². The first-order chi connectivity index (χ1) is 16.3. The van der Waals surface area contributed by atoms with Gasteiger partial charge in [0.15, 0.2) is 0 Å². The third kappa shape index (κ3) is 7.97. The lowest BCUT2D eigenvalue weighted by Crippen LogP contribution is -2.26. The molecule has 0 aliphatic heterocycles. The van der Waals surface area contributed by atoms with E-state index in [-0.39, 0.29) is 13.2 Å². The van der Waals surface area contributed by atoms with Crippen molar-refractivity contribution in [1.29, 1.82) is 0 Å². The van der Waals surface area contributed by atoms with Gasteiger partial charge in [0.2, 0.25) is 0 Å². The molecule has 0 spiro atoms. The van der Waals surface area contributed by atoms with Gasteiger partial charge < -0.3 is 30.3 Å². The van der Waals surface area contributed by atoms with Gasteiger partial charge in [-0.15, -0.1) is 0 Å². The van der Waals surface area contributed by atoms with Gasteiger partial charge in [-0.25, -0.2) is 0 Å². The van der Waals surface area contributed by atoms with E-state index in [2.05, 4.69) is 36.6 Å². The summed E-state index contributed by atoms with van der Waals surface area (Å²) in [6.45, 7) is 9.37. The highest BCUT2D eigenvalue weighted by Crippen LogP contribution is 2.19. The van der Waals surface area contributed by atoms with Crippen LogP contribution in [0.3, 0.4) is 0 Å². The van der Waals surface area contributed by atoms with Gasteiger partial charge in [-0.3, -0.25) is 0 Å². The molecule has 6 heteroatoms. The minimum Gasteiger partial charge on any atom is -0.491 e. The molecule has 4 N–H and O–H groups in total. The van der Waals surface area contributed by atoms with Gasteiger partial charge >= 0.3 is 0 Å². The predicted octanol–water partition coefficient (Wildman–Crippen LogP) is 4.62. The summed E-state index contributed by atoms with van der Waals surface area (Å²) in [5.74, 6) is 1.30. The van der Waals surface area contributed by atoms with Gasteiger partial charge in [0, 0.05) is 24.5 Å². The molecule has 2 unspecified atom stereocenters. The van der Waals surface area contributed by atoms with Crippen LogP contribution in [0.4, 0.5) is 11.4 Å². The van der Waals surface area contributed by atoms with Gasteiger partial charge in [-0.2, -0.15) is 0 Å². The van der Waals surface area contributed by atoms with E-state index in [9.17, 15) is 10.2 Å². The fourth-order valence-electron chi connectivity index (χ4n) is 3.61. The fourth-order valence-corrected chi connectivity index (χ4v) is 3.61. The molecule has 0 aliphatic carbocycles. The molecule has 3 rings (SSSR count). The zero-order chi connectivity index (χ0) is 24.5. The number of hydrogen-bond donors (Lipinski definition) is 4. The van der Waals surface area contributed by atoms with Crippen molar-refractivity contribution in [2.75, 3.05) is 36.9 Å². The fraction of sp³-hybridized carbons (Fsp3) is 0.357. The Labute approximate surface area is 202 Å². The minimum atomic E-state index is -0.642. The van der Waals surface area contributed by atoms with E-state index in [1.165, 1.54) is 11.1 Å². The van der Waals surface area contributed by atoms with E-state index in [0.29, 0.717) is 24.6 Å². The Morgan fingerprint density at radius 1 is 0.618 bits per heavy atom. The zero-order valence-corrected chi connectivity index (χ0v) is 20.5. The van der Waals surface area contributed by atoms with Crippen molar-refractivity contribution in [2.24, 2.45) is 0 Å². The van der Waals surface area contributed by atoms with Crippen LogP contribution in [0.25, 0.3) is 0 Å². The highest BCUT2D eigenvalue weighted by atomic mass is 16.5. The molecule has 34 heavy (non-hydrogen) atoms.